The van der Waals surface area contributed by atoms with Gasteiger partial charge in [-0.05, 0) is 12.1 Å². The van der Waals surface area contributed by atoms with E-state index < -0.39 is 5.91 Å². The monoisotopic (exact) mass is 205 g/mol. The van der Waals surface area contributed by atoms with E-state index >= 15 is 0 Å². The van der Waals surface area contributed by atoms with Crippen LogP contribution in [0.3, 0.4) is 0 Å². The fraction of sp³-hybridized carbons (Fsp3) is 0. The fourth-order valence-electron chi connectivity index (χ4n) is 1.18. The number of primary amides is 1. The molecule has 4 nitrogen and oxygen atoms in total. The van der Waals surface area contributed by atoms with Gasteiger partial charge >= 0.3 is 0 Å². The Morgan fingerprint density at radius 3 is 3.00 bits per heavy atom. The molecule has 0 aliphatic carbocycles. The first-order valence-corrected chi connectivity index (χ1v) is 4.37. The van der Waals surface area contributed by atoms with Crippen LogP contribution in [0.4, 0.5) is 0 Å². The zero-order chi connectivity index (χ0) is 10.1. The molecule has 1 amide bonds. The van der Waals surface area contributed by atoms with Crippen molar-refractivity contribution in [2.75, 3.05) is 0 Å². The van der Waals surface area contributed by atoms with Crippen molar-refractivity contribution in [2.45, 2.75) is 0 Å². The first-order chi connectivity index (χ1) is 6.68. The minimum Gasteiger partial charge on any atom is -0.364 e. The average Bonchev–Trinajstić information content (AvgIpc) is 2.17. The van der Waals surface area contributed by atoms with Crippen molar-refractivity contribution in [1.82, 2.24) is 9.38 Å². The van der Waals surface area contributed by atoms with E-state index in [2.05, 4.69) is 4.98 Å². The Bertz CT molecular complexity index is 561. The topological polar surface area (TPSA) is 60.4 Å². The van der Waals surface area contributed by atoms with E-state index in [-0.39, 0.29) is 5.69 Å². The number of rotatable bonds is 1. The Balaban J connectivity index is 2.86. The molecule has 0 atom stereocenters. The molecule has 0 saturated heterocycles. The Kier molecular flexibility index (Phi) is 2.01. The number of hydrogen-bond acceptors (Lipinski definition) is 3. The lowest BCUT2D eigenvalue weighted by molar-refractivity contribution is 0.0995. The molecule has 0 saturated carbocycles. The summed E-state index contributed by atoms with van der Waals surface area (Å²) in [5, 5.41) is 0. The summed E-state index contributed by atoms with van der Waals surface area (Å²) in [6, 6.07) is 6.92. The van der Waals surface area contributed by atoms with Crippen LogP contribution in [0.15, 0.2) is 30.5 Å². The van der Waals surface area contributed by atoms with Crippen LogP contribution in [-0.4, -0.2) is 15.3 Å². The third-order valence-corrected chi connectivity index (χ3v) is 2.14. The molecule has 0 aliphatic heterocycles. The number of pyridine rings is 1. The summed E-state index contributed by atoms with van der Waals surface area (Å²) in [5.41, 5.74) is 5.93. The Labute approximate surface area is 85.0 Å². The second kappa shape index (κ2) is 3.19. The summed E-state index contributed by atoms with van der Waals surface area (Å²) in [6.45, 7) is 0. The number of nitrogens with zero attached hydrogens (tertiary/aromatic N) is 2. The average molecular weight is 205 g/mol. The van der Waals surface area contributed by atoms with E-state index in [0.29, 0.717) is 10.3 Å². The molecule has 0 spiro atoms. The van der Waals surface area contributed by atoms with Gasteiger partial charge in [-0.15, -0.1) is 0 Å². The molecule has 14 heavy (non-hydrogen) atoms. The smallest absolute Gasteiger partial charge is 0.267 e. The number of hydrogen-bond donors (Lipinski definition) is 1. The summed E-state index contributed by atoms with van der Waals surface area (Å²) >= 11 is 5.08. The molecule has 2 N–H and O–H groups in total. The Morgan fingerprint density at radius 2 is 2.29 bits per heavy atom. The Hall–Kier alpha value is -1.75. The van der Waals surface area contributed by atoms with E-state index in [9.17, 15) is 4.79 Å². The summed E-state index contributed by atoms with van der Waals surface area (Å²) in [7, 11) is 0. The fourth-order valence-corrected chi connectivity index (χ4v) is 1.45. The summed E-state index contributed by atoms with van der Waals surface area (Å²) < 4.78 is 2.23. The van der Waals surface area contributed by atoms with Crippen LogP contribution in [0.2, 0.25) is 0 Å². The lowest BCUT2D eigenvalue weighted by Gasteiger charge is -2.01. The van der Waals surface area contributed by atoms with E-state index in [4.69, 9.17) is 18.0 Å². The van der Waals surface area contributed by atoms with Crippen LogP contribution in [0.1, 0.15) is 10.5 Å². The zero-order valence-corrected chi connectivity index (χ0v) is 7.99. The van der Waals surface area contributed by atoms with Gasteiger partial charge in [-0.3, -0.25) is 9.20 Å². The molecule has 0 aliphatic rings. The quantitative estimate of drug-likeness (QED) is 0.711. The number of nitrogens with two attached hydrogens (primary N) is 1. The maximum Gasteiger partial charge on any atom is 0.267 e. The molecule has 2 heterocycles. The van der Waals surface area contributed by atoms with Crippen LogP contribution < -0.4 is 5.73 Å². The van der Waals surface area contributed by atoms with Crippen LogP contribution in [-0.2, 0) is 0 Å². The first kappa shape index (κ1) is 8.83. The van der Waals surface area contributed by atoms with Crippen molar-refractivity contribution in [3.63, 3.8) is 0 Å². The molecule has 0 fully saturated rings. The first-order valence-electron chi connectivity index (χ1n) is 3.97. The predicted octanol–water partition coefficient (Wildman–Crippen LogP) is 1.16. The zero-order valence-electron chi connectivity index (χ0n) is 7.18. The second-order valence-corrected chi connectivity index (χ2v) is 3.19. The number of carbonyl (C=O) groups is 1. The highest BCUT2D eigenvalue weighted by atomic mass is 32.1. The van der Waals surface area contributed by atoms with Crippen molar-refractivity contribution < 1.29 is 4.79 Å². The van der Waals surface area contributed by atoms with E-state index in [1.54, 1.807) is 16.7 Å². The van der Waals surface area contributed by atoms with Crippen LogP contribution >= 0.6 is 12.2 Å². The van der Waals surface area contributed by atoms with Gasteiger partial charge in [-0.25, -0.2) is 4.98 Å². The number of fused-ring (bicyclic) bond motifs is 1. The van der Waals surface area contributed by atoms with Gasteiger partial charge in [0.15, 0.2) is 0 Å². The lowest BCUT2D eigenvalue weighted by Crippen LogP contribution is -2.14. The molecule has 5 heteroatoms. The summed E-state index contributed by atoms with van der Waals surface area (Å²) in [6.07, 6.45) is 1.79. The SMILES string of the molecule is NC(=O)c1cc(=S)n2ccccc2n1. The van der Waals surface area contributed by atoms with Gasteiger partial charge < -0.3 is 5.73 Å². The second-order valence-electron chi connectivity index (χ2n) is 2.77. The van der Waals surface area contributed by atoms with Gasteiger partial charge in [-0.2, -0.15) is 0 Å². The van der Waals surface area contributed by atoms with Gasteiger partial charge in [0.2, 0.25) is 0 Å². The minimum absolute atomic E-state index is 0.196. The molecule has 2 rings (SSSR count). The third-order valence-electron chi connectivity index (χ3n) is 1.82. The largest absolute Gasteiger partial charge is 0.364 e. The van der Waals surface area contributed by atoms with Crippen LogP contribution in [0.25, 0.3) is 5.65 Å². The molecule has 0 bridgehead atoms. The third kappa shape index (κ3) is 1.38. The highest BCUT2D eigenvalue weighted by molar-refractivity contribution is 7.71. The minimum atomic E-state index is -0.567. The lowest BCUT2D eigenvalue weighted by atomic mass is 10.3. The standard InChI is InChI=1S/C9H7N3OS/c10-9(13)6-5-8(14)12-4-2-1-3-7(12)11-6/h1-5H,(H2,10,13). The van der Waals surface area contributed by atoms with E-state index in [1.807, 2.05) is 12.1 Å². The maximum absolute atomic E-state index is 10.9. The number of carbonyl (C=O) groups excluding carboxylic acids is 1. The normalized spacial score (nSPS) is 10.3. The summed E-state index contributed by atoms with van der Waals surface area (Å²) in [4.78, 5) is 15.0. The molecule has 0 unspecified atom stereocenters. The van der Waals surface area contributed by atoms with Crippen molar-refractivity contribution in [1.29, 1.82) is 0 Å². The predicted molar refractivity (Wildman–Crippen MR) is 54.5 cm³/mol. The number of amides is 1. The van der Waals surface area contributed by atoms with E-state index in [0.717, 1.165) is 0 Å². The molecule has 2 aromatic heterocycles. The molecule has 0 radical (unpaired) electrons. The van der Waals surface area contributed by atoms with Crippen LogP contribution in [0.5, 0.6) is 0 Å². The molecular weight excluding hydrogens is 198 g/mol. The molecule has 70 valence electrons. The summed E-state index contributed by atoms with van der Waals surface area (Å²) in [5.74, 6) is -0.567. The van der Waals surface area contributed by atoms with Crippen molar-refractivity contribution in [2.24, 2.45) is 5.73 Å². The van der Waals surface area contributed by atoms with Crippen molar-refractivity contribution in [3.05, 3.63) is 40.8 Å². The highest BCUT2D eigenvalue weighted by Gasteiger charge is 2.03. The maximum atomic E-state index is 10.9. The van der Waals surface area contributed by atoms with E-state index in [1.165, 1.54) is 6.07 Å². The van der Waals surface area contributed by atoms with Gasteiger partial charge in [0, 0.05) is 12.3 Å². The molecular formula is C9H7N3OS. The van der Waals surface area contributed by atoms with Gasteiger partial charge in [0.05, 0.1) is 0 Å². The Morgan fingerprint density at radius 1 is 1.50 bits per heavy atom. The van der Waals surface area contributed by atoms with Gasteiger partial charge in [0.1, 0.15) is 16.0 Å². The van der Waals surface area contributed by atoms with Gasteiger partial charge in [0.25, 0.3) is 5.91 Å². The highest BCUT2D eigenvalue weighted by Crippen LogP contribution is 2.03. The molecule has 0 aromatic carbocycles. The van der Waals surface area contributed by atoms with Crippen LogP contribution in [0, 0.1) is 4.64 Å². The van der Waals surface area contributed by atoms with Gasteiger partial charge in [-0.1, -0.05) is 18.3 Å². The molecule has 2 aromatic rings. The van der Waals surface area contributed by atoms with Crippen molar-refractivity contribution in [3.8, 4) is 0 Å². The van der Waals surface area contributed by atoms with Crippen molar-refractivity contribution >= 4 is 23.8 Å². The number of aromatic nitrogens is 2.